The van der Waals surface area contributed by atoms with E-state index in [1.54, 1.807) is 5.51 Å². The van der Waals surface area contributed by atoms with Crippen LogP contribution in [0.5, 0.6) is 0 Å². The van der Waals surface area contributed by atoms with Crippen LogP contribution in [0.4, 0.5) is 0 Å². The summed E-state index contributed by atoms with van der Waals surface area (Å²) in [7, 11) is 0. The van der Waals surface area contributed by atoms with Gasteiger partial charge in [-0.25, -0.2) is 4.98 Å². The van der Waals surface area contributed by atoms with E-state index in [1.165, 1.54) is 11.3 Å². The van der Waals surface area contributed by atoms with Crippen LogP contribution in [0.15, 0.2) is 5.51 Å². The third kappa shape index (κ3) is 1.97. The number of rotatable bonds is 2. The van der Waals surface area contributed by atoms with Crippen molar-refractivity contribution < 1.29 is 4.79 Å². The van der Waals surface area contributed by atoms with Crippen LogP contribution in [-0.4, -0.2) is 35.4 Å². The molecule has 1 aromatic rings. The molecule has 1 saturated heterocycles. The Morgan fingerprint density at radius 3 is 3.00 bits per heavy atom. The van der Waals surface area contributed by atoms with Crippen LogP contribution in [0.2, 0.25) is 0 Å². The van der Waals surface area contributed by atoms with Crippen molar-refractivity contribution in [3.05, 3.63) is 16.1 Å². The highest BCUT2D eigenvalue weighted by molar-refractivity contribution is 7.11. The maximum atomic E-state index is 12.2. The predicted molar refractivity (Wildman–Crippen MR) is 64.5 cm³/mol. The smallest absolute Gasteiger partial charge is 0.265 e. The first-order valence-electron chi connectivity index (χ1n) is 5.45. The van der Waals surface area contributed by atoms with Gasteiger partial charge in [-0.3, -0.25) is 4.79 Å². The minimum absolute atomic E-state index is 0.0915. The highest BCUT2D eigenvalue weighted by Gasteiger charge is 2.35. The van der Waals surface area contributed by atoms with Crippen LogP contribution in [0.25, 0.3) is 0 Å². The normalized spacial score (nSPS) is 25.1. The monoisotopic (exact) mass is 239 g/mol. The lowest BCUT2D eigenvalue weighted by Gasteiger charge is -2.22. The van der Waals surface area contributed by atoms with Crippen LogP contribution in [-0.2, 0) is 0 Å². The molecule has 1 amide bonds. The fourth-order valence-electron chi connectivity index (χ4n) is 2.01. The Hall–Kier alpha value is -0.940. The van der Waals surface area contributed by atoms with E-state index >= 15 is 0 Å². The number of amides is 1. The quantitative estimate of drug-likeness (QED) is 0.845. The van der Waals surface area contributed by atoms with Gasteiger partial charge in [0.15, 0.2) is 0 Å². The van der Waals surface area contributed by atoms with Crippen LogP contribution >= 0.6 is 11.3 Å². The van der Waals surface area contributed by atoms with Crippen LogP contribution in [0.3, 0.4) is 0 Å². The van der Waals surface area contributed by atoms with Crippen molar-refractivity contribution in [2.45, 2.75) is 20.3 Å². The lowest BCUT2D eigenvalue weighted by molar-refractivity contribution is 0.0780. The molecule has 1 aliphatic rings. The van der Waals surface area contributed by atoms with Gasteiger partial charge in [-0.05, 0) is 25.3 Å². The van der Waals surface area contributed by atoms with Gasteiger partial charge in [-0.1, -0.05) is 6.92 Å². The summed E-state index contributed by atoms with van der Waals surface area (Å²) in [5.74, 6) is 0.108. The molecule has 0 aliphatic carbocycles. The van der Waals surface area contributed by atoms with Gasteiger partial charge < -0.3 is 10.6 Å². The molecule has 5 heteroatoms. The third-order valence-electron chi connectivity index (χ3n) is 3.28. The molecule has 1 unspecified atom stereocenters. The fourth-order valence-corrected chi connectivity index (χ4v) is 2.78. The van der Waals surface area contributed by atoms with Gasteiger partial charge in [0.1, 0.15) is 4.88 Å². The summed E-state index contributed by atoms with van der Waals surface area (Å²) >= 11 is 1.42. The van der Waals surface area contributed by atoms with Crippen molar-refractivity contribution in [1.29, 1.82) is 0 Å². The molecule has 1 atom stereocenters. The predicted octanol–water partition coefficient (Wildman–Crippen LogP) is 1.26. The molecule has 0 saturated carbocycles. The van der Waals surface area contributed by atoms with Gasteiger partial charge in [0, 0.05) is 13.1 Å². The molecule has 1 fully saturated rings. The molecule has 1 aromatic heterocycles. The van der Waals surface area contributed by atoms with Gasteiger partial charge in [0.25, 0.3) is 5.91 Å². The number of aromatic nitrogens is 1. The van der Waals surface area contributed by atoms with Crippen molar-refractivity contribution in [3.8, 4) is 0 Å². The summed E-state index contributed by atoms with van der Waals surface area (Å²) in [6.07, 6.45) is 0.993. The highest BCUT2D eigenvalue weighted by Crippen LogP contribution is 2.30. The Kier molecular flexibility index (Phi) is 2.99. The summed E-state index contributed by atoms with van der Waals surface area (Å²) in [4.78, 5) is 19.0. The Bertz CT molecular complexity index is 404. The molecule has 4 nitrogen and oxygen atoms in total. The second kappa shape index (κ2) is 4.14. The van der Waals surface area contributed by atoms with E-state index in [-0.39, 0.29) is 11.3 Å². The minimum atomic E-state index is 0.0915. The zero-order valence-electron chi connectivity index (χ0n) is 9.69. The molecule has 88 valence electrons. The number of aryl methyl sites for hydroxylation is 1. The number of carbonyl (C=O) groups is 1. The first-order chi connectivity index (χ1) is 7.56. The van der Waals surface area contributed by atoms with E-state index in [0.717, 1.165) is 30.1 Å². The van der Waals surface area contributed by atoms with Crippen LogP contribution < -0.4 is 5.73 Å². The maximum Gasteiger partial charge on any atom is 0.265 e. The van der Waals surface area contributed by atoms with E-state index < -0.39 is 0 Å². The highest BCUT2D eigenvalue weighted by atomic mass is 32.1. The zero-order valence-corrected chi connectivity index (χ0v) is 10.5. The standard InChI is InChI=1S/C11H17N3OS/c1-8-9(16-7-13-8)10(15)14-4-3-11(2,5-12)6-14/h7H,3-6,12H2,1-2H3. The summed E-state index contributed by atoms with van der Waals surface area (Å²) in [6.45, 7) is 6.23. The van der Waals surface area contributed by atoms with Crippen LogP contribution in [0, 0.1) is 12.3 Å². The molecule has 1 aliphatic heterocycles. The maximum absolute atomic E-state index is 12.2. The van der Waals surface area contributed by atoms with Crippen LogP contribution in [0.1, 0.15) is 28.7 Å². The molecule has 2 heterocycles. The van der Waals surface area contributed by atoms with Gasteiger partial charge in [-0.15, -0.1) is 11.3 Å². The molecule has 0 radical (unpaired) electrons. The summed E-state index contributed by atoms with van der Waals surface area (Å²) in [5, 5.41) is 0. The van der Waals surface area contributed by atoms with Gasteiger partial charge in [-0.2, -0.15) is 0 Å². The van der Waals surface area contributed by atoms with Crippen molar-refractivity contribution in [1.82, 2.24) is 9.88 Å². The lowest BCUT2D eigenvalue weighted by atomic mass is 9.90. The van der Waals surface area contributed by atoms with E-state index in [0.29, 0.717) is 6.54 Å². The summed E-state index contributed by atoms with van der Waals surface area (Å²) < 4.78 is 0. The molecule has 2 N–H and O–H groups in total. The number of nitrogens with two attached hydrogens (primary N) is 1. The second-order valence-electron chi connectivity index (χ2n) is 4.76. The van der Waals surface area contributed by atoms with Crippen molar-refractivity contribution in [3.63, 3.8) is 0 Å². The van der Waals surface area contributed by atoms with Crippen molar-refractivity contribution in [2.75, 3.05) is 19.6 Å². The third-order valence-corrected chi connectivity index (χ3v) is 4.19. The fraction of sp³-hybridized carbons (Fsp3) is 0.636. The van der Waals surface area contributed by atoms with E-state index in [9.17, 15) is 4.79 Å². The Labute approximate surface area is 99.5 Å². The van der Waals surface area contributed by atoms with Gasteiger partial charge in [0.2, 0.25) is 0 Å². The number of thiazole rings is 1. The number of nitrogens with zero attached hydrogens (tertiary/aromatic N) is 2. The van der Waals surface area contributed by atoms with E-state index in [2.05, 4.69) is 11.9 Å². The molecule has 0 aromatic carbocycles. The lowest BCUT2D eigenvalue weighted by Crippen LogP contribution is -2.34. The second-order valence-corrected chi connectivity index (χ2v) is 5.61. The minimum Gasteiger partial charge on any atom is -0.337 e. The van der Waals surface area contributed by atoms with Crippen molar-refractivity contribution >= 4 is 17.2 Å². The van der Waals surface area contributed by atoms with E-state index in [1.807, 2.05) is 11.8 Å². The summed E-state index contributed by atoms with van der Waals surface area (Å²) in [5.41, 5.74) is 8.38. The zero-order chi connectivity index (χ0) is 11.8. The first-order valence-corrected chi connectivity index (χ1v) is 6.33. The molecular weight excluding hydrogens is 222 g/mol. The Balaban J connectivity index is 2.11. The van der Waals surface area contributed by atoms with Crippen molar-refractivity contribution in [2.24, 2.45) is 11.1 Å². The van der Waals surface area contributed by atoms with Gasteiger partial charge >= 0.3 is 0 Å². The SMILES string of the molecule is Cc1ncsc1C(=O)N1CCC(C)(CN)C1. The molecular formula is C11H17N3OS. The number of hydrogen-bond donors (Lipinski definition) is 1. The number of likely N-dealkylation sites (tertiary alicyclic amines) is 1. The van der Waals surface area contributed by atoms with Gasteiger partial charge in [0.05, 0.1) is 11.2 Å². The topological polar surface area (TPSA) is 59.2 Å². The summed E-state index contributed by atoms with van der Waals surface area (Å²) in [6, 6.07) is 0. The average molecular weight is 239 g/mol. The number of hydrogen-bond acceptors (Lipinski definition) is 4. The molecule has 2 rings (SSSR count). The Morgan fingerprint density at radius 1 is 1.75 bits per heavy atom. The Morgan fingerprint density at radius 2 is 2.50 bits per heavy atom. The molecule has 16 heavy (non-hydrogen) atoms. The molecule has 0 bridgehead atoms. The van der Waals surface area contributed by atoms with E-state index in [4.69, 9.17) is 5.73 Å². The largest absolute Gasteiger partial charge is 0.337 e. The first kappa shape index (κ1) is 11.5. The number of carbonyl (C=O) groups excluding carboxylic acids is 1. The average Bonchev–Trinajstić information content (AvgIpc) is 2.85. The molecule has 0 spiro atoms.